The molecular weight excluding hydrogens is 266 g/mol. The van der Waals surface area contributed by atoms with Crippen LogP contribution in [0.5, 0.6) is 0 Å². The molecule has 0 aliphatic carbocycles. The van der Waals surface area contributed by atoms with Crippen molar-refractivity contribution in [2.45, 2.75) is 13.8 Å². The summed E-state index contributed by atoms with van der Waals surface area (Å²) in [5.74, 6) is 1.08. The summed E-state index contributed by atoms with van der Waals surface area (Å²) in [6, 6.07) is 7.54. The van der Waals surface area contributed by atoms with E-state index in [9.17, 15) is 4.79 Å². The van der Waals surface area contributed by atoms with Gasteiger partial charge in [0.05, 0.1) is 5.39 Å². The number of aryl methyl sites for hydroxylation is 2. The number of rotatable bonds is 2. The van der Waals surface area contributed by atoms with Crippen LogP contribution in [0.3, 0.4) is 0 Å². The van der Waals surface area contributed by atoms with Crippen molar-refractivity contribution in [1.82, 2.24) is 19.5 Å². The molecule has 6 heteroatoms. The fraction of sp³-hybridized carbons (Fsp3) is 0.200. The van der Waals surface area contributed by atoms with Gasteiger partial charge >= 0.3 is 5.69 Å². The zero-order chi connectivity index (χ0) is 15.0. The Balaban J connectivity index is 2.48. The van der Waals surface area contributed by atoms with E-state index in [2.05, 4.69) is 20.3 Å². The summed E-state index contributed by atoms with van der Waals surface area (Å²) in [5.41, 5.74) is 1.88. The van der Waals surface area contributed by atoms with E-state index in [0.717, 1.165) is 16.6 Å². The van der Waals surface area contributed by atoms with Gasteiger partial charge in [-0.2, -0.15) is 4.98 Å². The van der Waals surface area contributed by atoms with Crippen LogP contribution in [-0.2, 0) is 0 Å². The molecule has 6 nitrogen and oxygen atoms in total. The van der Waals surface area contributed by atoms with E-state index in [-0.39, 0.29) is 0 Å². The Labute approximate surface area is 121 Å². The van der Waals surface area contributed by atoms with Gasteiger partial charge < -0.3 is 5.32 Å². The minimum atomic E-state index is -0.397. The SMILES string of the molecule is CNc1nc(=O)n(-c2ncccc2C)c2nc(C)ccc12. The maximum atomic E-state index is 12.4. The highest BCUT2D eigenvalue weighted by molar-refractivity contribution is 5.87. The van der Waals surface area contributed by atoms with Crippen molar-refractivity contribution < 1.29 is 0 Å². The Kier molecular flexibility index (Phi) is 3.13. The lowest BCUT2D eigenvalue weighted by Gasteiger charge is -2.12. The molecule has 0 atom stereocenters. The Morgan fingerprint density at radius 3 is 2.67 bits per heavy atom. The number of hydrogen-bond acceptors (Lipinski definition) is 5. The topological polar surface area (TPSA) is 72.7 Å². The Morgan fingerprint density at radius 2 is 1.95 bits per heavy atom. The van der Waals surface area contributed by atoms with Crippen LogP contribution in [0.2, 0.25) is 0 Å². The van der Waals surface area contributed by atoms with Gasteiger partial charge in [0.1, 0.15) is 11.6 Å². The summed E-state index contributed by atoms with van der Waals surface area (Å²) in [4.78, 5) is 25.3. The molecule has 0 amide bonds. The molecule has 1 N–H and O–H groups in total. The van der Waals surface area contributed by atoms with Crippen molar-refractivity contribution in [3.63, 3.8) is 0 Å². The van der Waals surface area contributed by atoms with Gasteiger partial charge in [-0.05, 0) is 37.6 Å². The molecule has 0 aromatic carbocycles. The molecule has 0 radical (unpaired) electrons. The normalized spacial score (nSPS) is 10.8. The number of hydrogen-bond donors (Lipinski definition) is 1. The molecule has 0 bridgehead atoms. The first kappa shape index (κ1) is 13.2. The van der Waals surface area contributed by atoms with E-state index in [4.69, 9.17) is 0 Å². The number of nitrogens with one attached hydrogen (secondary N) is 1. The Bertz CT molecular complexity index is 885. The predicted octanol–water partition coefficient (Wildman–Crippen LogP) is 1.83. The zero-order valence-corrected chi connectivity index (χ0v) is 12.1. The lowest BCUT2D eigenvalue weighted by atomic mass is 10.2. The molecule has 106 valence electrons. The number of pyridine rings is 2. The van der Waals surface area contributed by atoms with Crippen LogP contribution in [0.4, 0.5) is 5.82 Å². The third-order valence-electron chi connectivity index (χ3n) is 3.31. The second kappa shape index (κ2) is 4.97. The van der Waals surface area contributed by atoms with Gasteiger partial charge in [-0.3, -0.25) is 0 Å². The lowest BCUT2D eigenvalue weighted by molar-refractivity contribution is 0.895. The maximum Gasteiger partial charge on any atom is 0.357 e. The van der Waals surface area contributed by atoms with Gasteiger partial charge in [-0.25, -0.2) is 19.3 Å². The van der Waals surface area contributed by atoms with Crippen molar-refractivity contribution in [1.29, 1.82) is 0 Å². The quantitative estimate of drug-likeness (QED) is 0.776. The van der Waals surface area contributed by atoms with Crippen molar-refractivity contribution in [3.05, 3.63) is 52.2 Å². The minimum absolute atomic E-state index is 0.397. The lowest BCUT2D eigenvalue weighted by Crippen LogP contribution is -2.25. The first-order chi connectivity index (χ1) is 10.1. The summed E-state index contributed by atoms with van der Waals surface area (Å²) in [6.45, 7) is 3.79. The molecule has 0 fully saturated rings. The number of anilines is 1. The fourth-order valence-corrected chi connectivity index (χ4v) is 2.29. The summed E-state index contributed by atoms with van der Waals surface area (Å²) < 4.78 is 1.46. The van der Waals surface area contributed by atoms with Gasteiger partial charge in [-0.1, -0.05) is 6.07 Å². The largest absolute Gasteiger partial charge is 0.372 e. The van der Waals surface area contributed by atoms with Crippen LogP contribution in [0, 0.1) is 13.8 Å². The molecule has 0 aliphatic heterocycles. The fourth-order valence-electron chi connectivity index (χ4n) is 2.29. The van der Waals surface area contributed by atoms with Crippen molar-refractivity contribution in [3.8, 4) is 5.82 Å². The van der Waals surface area contributed by atoms with E-state index in [1.807, 2.05) is 38.1 Å². The second-order valence-electron chi connectivity index (χ2n) is 4.80. The van der Waals surface area contributed by atoms with Crippen LogP contribution in [-0.4, -0.2) is 26.6 Å². The van der Waals surface area contributed by atoms with Crippen LogP contribution in [0.15, 0.2) is 35.3 Å². The Morgan fingerprint density at radius 1 is 1.14 bits per heavy atom. The number of aromatic nitrogens is 4. The van der Waals surface area contributed by atoms with Crippen LogP contribution in [0.1, 0.15) is 11.3 Å². The number of fused-ring (bicyclic) bond motifs is 1. The standard InChI is InChI=1S/C15H15N5O/c1-9-5-4-8-17-13(9)20-14-11(7-6-10(2)18-14)12(16-3)19-15(20)21/h4-8H,1-3H3,(H,16,19,21). The third-order valence-corrected chi connectivity index (χ3v) is 3.31. The Hall–Kier alpha value is -2.76. The molecule has 0 aliphatic rings. The highest BCUT2D eigenvalue weighted by atomic mass is 16.1. The monoisotopic (exact) mass is 281 g/mol. The first-order valence-corrected chi connectivity index (χ1v) is 6.62. The molecule has 21 heavy (non-hydrogen) atoms. The van der Waals surface area contributed by atoms with Gasteiger partial charge in [-0.15, -0.1) is 0 Å². The van der Waals surface area contributed by atoms with E-state index >= 15 is 0 Å². The van der Waals surface area contributed by atoms with Gasteiger partial charge in [0, 0.05) is 18.9 Å². The van der Waals surface area contributed by atoms with Gasteiger partial charge in [0.15, 0.2) is 5.65 Å². The second-order valence-corrected chi connectivity index (χ2v) is 4.80. The molecule has 0 spiro atoms. The minimum Gasteiger partial charge on any atom is -0.372 e. The average molecular weight is 281 g/mol. The van der Waals surface area contributed by atoms with Gasteiger partial charge in [0.2, 0.25) is 0 Å². The zero-order valence-electron chi connectivity index (χ0n) is 12.1. The molecule has 3 heterocycles. The van der Waals surface area contributed by atoms with E-state index in [1.54, 1.807) is 13.2 Å². The van der Waals surface area contributed by atoms with Crippen molar-refractivity contribution in [2.75, 3.05) is 12.4 Å². The molecule has 0 saturated carbocycles. The van der Waals surface area contributed by atoms with E-state index in [1.165, 1.54) is 4.57 Å². The summed E-state index contributed by atoms with van der Waals surface area (Å²) in [6.07, 6.45) is 1.66. The van der Waals surface area contributed by atoms with Crippen molar-refractivity contribution >= 4 is 16.9 Å². The third kappa shape index (κ3) is 2.14. The van der Waals surface area contributed by atoms with Crippen molar-refractivity contribution in [2.24, 2.45) is 0 Å². The van der Waals surface area contributed by atoms with Gasteiger partial charge in [0.25, 0.3) is 0 Å². The molecule has 3 rings (SSSR count). The summed E-state index contributed by atoms with van der Waals surface area (Å²) >= 11 is 0. The van der Waals surface area contributed by atoms with Crippen LogP contribution < -0.4 is 11.0 Å². The highest BCUT2D eigenvalue weighted by Gasteiger charge is 2.14. The number of nitrogens with zero attached hydrogens (tertiary/aromatic N) is 4. The molecular formula is C15H15N5O. The van der Waals surface area contributed by atoms with E-state index in [0.29, 0.717) is 17.3 Å². The van der Waals surface area contributed by atoms with E-state index < -0.39 is 5.69 Å². The molecule has 3 aromatic rings. The van der Waals surface area contributed by atoms with Crippen LogP contribution >= 0.6 is 0 Å². The van der Waals surface area contributed by atoms with Crippen LogP contribution in [0.25, 0.3) is 16.9 Å². The maximum absolute atomic E-state index is 12.4. The predicted molar refractivity (Wildman–Crippen MR) is 82.0 cm³/mol. The summed E-state index contributed by atoms with van der Waals surface area (Å²) in [7, 11) is 1.73. The average Bonchev–Trinajstić information content (AvgIpc) is 2.47. The smallest absolute Gasteiger partial charge is 0.357 e. The molecule has 3 aromatic heterocycles. The molecule has 0 unspecified atom stereocenters. The highest BCUT2D eigenvalue weighted by Crippen LogP contribution is 2.20. The molecule has 0 saturated heterocycles. The first-order valence-electron chi connectivity index (χ1n) is 6.62. The summed E-state index contributed by atoms with van der Waals surface area (Å²) in [5, 5.41) is 3.72.